The van der Waals surface area contributed by atoms with Crippen LogP contribution in [0.3, 0.4) is 0 Å². The Morgan fingerprint density at radius 1 is 1.20 bits per heavy atom. The van der Waals surface area contributed by atoms with E-state index in [2.05, 4.69) is 16.9 Å². The average Bonchev–Trinajstić information content (AvgIpc) is 2.59. The molecule has 1 aliphatic carbocycles. The van der Waals surface area contributed by atoms with Gasteiger partial charge in [0.2, 0.25) is 0 Å². The molecule has 2 atom stereocenters. The van der Waals surface area contributed by atoms with Crippen molar-refractivity contribution in [1.29, 1.82) is 0 Å². The minimum atomic E-state index is -1.11. The van der Waals surface area contributed by atoms with E-state index in [1.165, 1.54) is 12.4 Å². The number of hydrogen-bond acceptors (Lipinski definition) is 4. The van der Waals surface area contributed by atoms with Gasteiger partial charge in [-0.05, 0) is 54.4 Å². The standard InChI is InChI=1S/C19H20N2O4/c1-3-11-6-12-8-20-9-21-16(12)7-15(11)14-5-4-13(18(22)23)10(2)17(14)19(24)25/h4-5,8-9,11,15H,3,6-7H2,1-2H3,(H,22,23)(H,24,25). The summed E-state index contributed by atoms with van der Waals surface area (Å²) in [5.41, 5.74) is 3.21. The van der Waals surface area contributed by atoms with Crippen molar-refractivity contribution >= 4 is 11.9 Å². The zero-order chi connectivity index (χ0) is 18.1. The van der Waals surface area contributed by atoms with Gasteiger partial charge in [0, 0.05) is 11.9 Å². The highest BCUT2D eigenvalue weighted by Gasteiger charge is 2.33. The molecule has 2 unspecified atom stereocenters. The molecule has 1 aromatic heterocycles. The fraction of sp³-hybridized carbons (Fsp3) is 0.368. The Labute approximate surface area is 145 Å². The largest absolute Gasteiger partial charge is 0.478 e. The van der Waals surface area contributed by atoms with E-state index in [-0.39, 0.29) is 23.0 Å². The summed E-state index contributed by atoms with van der Waals surface area (Å²) < 4.78 is 0. The molecule has 1 heterocycles. The summed E-state index contributed by atoms with van der Waals surface area (Å²) in [4.78, 5) is 31.7. The van der Waals surface area contributed by atoms with Crippen LogP contribution in [0.4, 0.5) is 0 Å². The SMILES string of the molecule is CCC1Cc2cncnc2CC1c1ccc(C(=O)O)c(C)c1C(=O)O. The van der Waals surface area contributed by atoms with Gasteiger partial charge in [-0.2, -0.15) is 0 Å². The third-order valence-electron chi connectivity index (χ3n) is 5.21. The first-order chi connectivity index (χ1) is 11.9. The number of benzene rings is 1. The molecule has 1 aliphatic rings. The first-order valence-corrected chi connectivity index (χ1v) is 8.31. The average molecular weight is 340 g/mol. The van der Waals surface area contributed by atoms with E-state index in [0.29, 0.717) is 17.5 Å². The third-order valence-corrected chi connectivity index (χ3v) is 5.21. The van der Waals surface area contributed by atoms with Crippen molar-refractivity contribution in [1.82, 2.24) is 9.97 Å². The Morgan fingerprint density at radius 3 is 2.60 bits per heavy atom. The molecule has 0 saturated carbocycles. The van der Waals surface area contributed by atoms with E-state index in [1.807, 2.05) is 6.20 Å². The van der Waals surface area contributed by atoms with Gasteiger partial charge in [-0.3, -0.25) is 0 Å². The zero-order valence-electron chi connectivity index (χ0n) is 14.2. The molecule has 6 heteroatoms. The van der Waals surface area contributed by atoms with Crippen molar-refractivity contribution in [2.45, 2.75) is 39.0 Å². The highest BCUT2D eigenvalue weighted by molar-refractivity contribution is 5.97. The molecule has 3 rings (SSSR count). The summed E-state index contributed by atoms with van der Waals surface area (Å²) in [6, 6.07) is 3.18. The number of fused-ring (bicyclic) bond motifs is 1. The summed E-state index contributed by atoms with van der Waals surface area (Å²) in [7, 11) is 0. The van der Waals surface area contributed by atoms with Gasteiger partial charge in [0.15, 0.2) is 0 Å². The molecule has 1 aromatic carbocycles. The number of aromatic carboxylic acids is 2. The van der Waals surface area contributed by atoms with E-state index in [9.17, 15) is 19.8 Å². The second-order valence-corrected chi connectivity index (χ2v) is 6.49. The molecule has 25 heavy (non-hydrogen) atoms. The molecule has 2 aromatic rings. The summed E-state index contributed by atoms with van der Waals surface area (Å²) >= 11 is 0. The van der Waals surface area contributed by atoms with Gasteiger partial charge < -0.3 is 10.2 Å². The number of carbonyl (C=O) groups is 2. The Hall–Kier alpha value is -2.76. The highest BCUT2D eigenvalue weighted by atomic mass is 16.4. The predicted octanol–water partition coefficient (Wildman–Crippen LogP) is 3.09. The lowest BCUT2D eigenvalue weighted by Gasteiger charge is -2.33. The summed E-state index contributed by atoms with van der Waals surface area (Å²) in [6.07, 6.45) is 5.69. The van der Waals surface area contributed by atoms with Crippen molar-refractivity contribution in [3.05, 3.63) is 58.2 Å². The molecular formula is C19H20N2O4. The van der Waals surface area contributed by atoms with Crippen LogP contribution in [-0.2, 0) is 12.8 Å². The molecule has 0 spiro atoms. The van der Waals surface area contributed by atoms with Gasteiger partial charge in [-0.25, -0.2) is 19.6 Å². The van der Waals surface area contributed by atoms with Gasteiger partial charge >= 0.3 is 11.9 Å². The van der Waals surface area contributed by atoms with Gasteiger partial charge in [0.05, 0.1) is 11.1 Å². The Balaban J connectivity index is 2.13. The molecule has 0 fully saturated rings. The van der Waals surface area contributed by atoms with Gasteiger partial charge in [-0.15, -0.1) is 0 Å². The van der Waals surface area contributed by atoms with E-state index in [4.69, 9.17) is 0 Å². The summed E-state index contributed by atoms with van der Waals surface area (Å²) in [6.45, 7) is 3.65. The lowest BCUT2D eigenvalue weighted by Crippen LogP contribution is -2.26. The van der Waals surface area contributed by atoms with Crippen molar-refractivity contribution in [2.75, 3.05) is 0 Å². The topological polar surface area (TPSA) is 100 Å². The van der Waals surface area contributed by atoms with Crippen molar-refractivity contribution in [3.63, 3.8) is 0 Å². The molecular weight excluding hydrogens is 320 g/mol. The van der Waals surface area contributed by atoms with E-state index in [1.54, 1.807) is 13.0 Å². The van der Waals surface area contributed by atoms with Crippen LogP contribution in [0.5, 0.6) is 0 Å². The van der Waals surface area contributed by atoms with Crippen LogP contribution in [-0.4, -0.2) is 32.1 Å². The second-order valence-electron chi connectivity index (χ2n) is 6.49. The number of nitrogens with zero attached hydrogens (tertiary/aromatic N) is 2. The van der Waals surface area contributed by atoms with Crippen LogP contribution in [0.15, 0.2) is 24.7 Å². The van der Waals surface area contributed by atoms with Crippen LogP contribution < -0.4 is 0 Å². The summed E-state index contributed by atoms with van der Waals surface area (Å²) in [5, 5.41) is 19.0. The van der Waals surface area contributed by atoms with Crippen LogP contribution in [0, 0.1) is 12.8 Å². The number of aromatic nitrogens is 2. The van der Waals surface area contributed by atoms with Crippen molar-refractivity contribution < 1.29 is 19.8 Å². The van der Waals surface area contributed by atoms with Crippen LogP contribution in [0.25, 0.3) is 0 Å². The minimum absolute atomic E-state index is 0.0000416. The number of carboxylic acid groups (broad SMARTS) is 2. The first kappa shape index (κ1) is 17.1. The lowest BCUT2D eigenvalue weighted by atomic mass is 9.71. The number of carboxylic acids is 2. The fourth-order valence-electron chi connectivity index (χ4n) is 3.89. The number of hydrogen-bond donors (Lipinski definition) is 2. The first-order valence-electron chi connectivity index (χ1n) is 8.31. The second kappa shape index (κ2) is 6.63. The maximum absolute atomic E-state index is 11.9. The van der Waals surface area contributed by atoms with Gasteiger partial charge in [0.25, 0.3) is 0 Å². The maximum atomic E-state index is 11.9. The molecule has 0 bridgehead atoms. The normalized spacial score (nSPS) is 19.3. The Morgan fingerprint density at radius 2 is 1.96 bits per heavy atom. The molecule has 130 valence electrons. The Kier molecular flexibility index (Phi) is 4.53. The van der Waals surface area contributed by atoms with Crippen LogP contribution in [0.1, 0.15) is 62.4 Å². The third kappa shape index (κ3) is 2.99. The minimum Gasteiger partial charge on any atom is -0.478 e. The van der Waals surface area contributed by atoms with Crippen LogP contribution >= 0.6 is 0 Å². The summed E-state index contributed by atoms with van der Waals surface area (Å²) in [5.74, 6) is -1.93. The van der Waals surface area contributed by atoms with Gasteiger partial charge in [-0.1, -0.05) is 19.4 Å². The molecule has 2 N–H and O–H groups in total. The van der Waals surface area contributed by atoms with Crippen molar-refractivity contribution in [2.24, 2.45) is 5.92 Å². The molecule has 0 saturated heterocycles. The van der Waals surface area contributed by atoms with Crippen molar-refractivity contribution in [3.8, 4) is 0 Å². The van der Waals surface area contributed by atoms with E-state index in [0.717, 1.165) is 24.1 Å². The lowest BCUT2D eigenvalue weighted by molar-refractivity contribution is 0.0693. The number of rotatable bonds is 4. The fourth-order valence-corrected chi connectivity index (χ4v) is 3.89. The molecule has 0 amide bonds. The molecule has 6 nitrogen and oxygen atoms in total. The highest BCUT2D eigenvalue weighted by Crippen LogP contribution is 2.40. The van der Waals surface area contributed by atoms with Crippen LogP contribution in [0.2, 0.25) is 0 Å². The van der Waals surface area contributed by atoms with E-state index >= 15 is 0 Å². The smallest absolute Gasteiger partial charge is 0.336 e. The Bertz CT molecular complexity index is 847. The monoisotopic (exact) mass is 340 g/mol. The predicted molar refractivity (Wildman–Crippen MR) is 91.1 cm³/mol. The zero-order valence-corrected chi connectivity index (χ0v) is 14.2. The quantitative estimate of drug-likeness (QED) is 0.887. The maximum Gasteiger partial charge on any atom is 0.336 e. The molecule has 0 aliphatic heterocycles. The van der Waals surface area contributed by atoms with Gasteiger partial charge in [0.1, 0.15) is 6.33 Å². The van der Waals surface area contributed by atoms with E-state index < -0.39 is 11.9 Å². The molecule has 0 radical (unpaired) electrons.